The number of hydrogen-bond donors (Lipinski definition) is 4. The van der Waals surface area contributed by atoms with E-state index in [1.807, 2.05) is 0 Å². The van der Waals surface area contributed by atoms with Gasteiger partial charge in [-0.25, -0.2) is 0 Å². The van der Waals surface area contributed by atoms with E-state index in [-0.39, 0.29) is 19.8 Å². The van der Waals surface area contributed by atoms with E-state index in [9.17, 15) is 0 Å². The molecule has 0 spiro atoms. The molecule has 1 unspecified atom stereocenters. The van der Waals surface area contributed by atoms with Crippen molar-refractivity contribution in [2.75, 3.05) is 19.8 Å². The van der Waals surface area contributed by atoms with Crippen LogP contribution in [0.5, 0.6) is 0 Å². The van der Waals surface area contributed by atoms with Crippen molar-refractivity contribution < 1.29 is 15.3 Å². The molecule has 4 heteroatoms. The highest BCUT2D eigenvalue weighted by molar-refractivity contribution is 4.82. The molecule has 0 saturated heterocycles. The normalized spacial score (nSPS) is 16.0. The SMILES string of the molecule is NC(CO)(CCO)CCCCO. The van der Waals surface area contributed by atoms with Gasteiger partial charge in [-0.15, -0.1) is 0 Å². The summed E-state index contributed by atoms with van der Waals surface area (Å²) in [6, 6.07) is 0. The largest absolute Gasteiger partial charge is 0.396 e. The Morgan fingerprint density at radius 3 is 2.00 bits per heavy atom. The third kappa shape index (κ3) is 4.66. The maximum absolute atomic E-state index is 8.92. The molecule has 4 nitrogen and oxygen atoms in total. The summed E-state index contributed by atoms with van der Waals surface area (Å²) in [5.74, 6) is 0. The minimum absolute atomic E-state index is 0.00378. The zero-order chi connectivity index (χ0) is 9.45. The van der Waals surface area contributed by atoms with Crippen molar-refractivity contribution in [2.45, 2.75) is 31.2 Å². The first-order chi connectivity index (χ1) is 5.68. The van der Waals surface area contributed by atoms with Crippen LogP contribution < -0.4 is 5.73 Å². The topological polar surface area (TPSA) is 86.7 Å². The third-order valence-corrected chi connectivity index (χ3v) is 2.01. The van der Waals surface area contributed by atoms with Gasteiger partial charge in [0.25, 0.3) is 0 Å². The number of rotatable bonds is 7. The highest BCUT2D eigenvalue weighted by Gasteiger charge is 2.22. The minimum Gasteiger partial charge on any atom is -0.396 e. The smallest absolute Gasteiger partial charge is 0.0612 e. The van der Waals surface area contributed by atoms with E-state index in [0.717, 1.165) is 6.42 Å². The summed E-state index contributed by atoms with van der Waals surface area (Å²) in [6.45, 7) is 0.0375. The van der Waals surface area contributed by atoms with Crippen molar-refractivity contribution >= 4 is 0 Å². The van der Waals surface area contributed by atoms with Gasteiger partial charge in [-0.05, 0) is 25.7 Å². The van der Waals surface area contributed by atoms with Gasteiger partial charge in [0.1, 0.15) is 0 Å². The molecule has 0 aromatic heterocycles. The second kappa shape index (κ2) is 6.37. The van der Waals surface area contributed by atoms with Crippen LogP contribution >= 0.6 is 0 Å². The molecule has 0 heterocycles. The fourth-order valence-corrected chi connectivity index (χ4v) is 1.09. The van der Waals surface area contributed by atoms with Gasteiger partial charge in [0, 0.05) is 18.8 Å². The maximum atomic E-state index is 8.92. The molecule has 0 saturated carbocycles. The van der Waals surface area contributed by atoms with Gasteiger partial charge >= 0.3 is 0 Å². The molecule has 5 N–H and O–H groups in total. The number of aliphatic hydroxyl groups excluding tert-OH is 3. The summed E-state index contributed by atoms with van der Waals surface area (Å²) in [4.78, 5) is 0. The number of unbranched alkanes of at least 4 members (excludes halogenated alkanes) is 1. The van der Waals surface area contributed by atoms with E-state index in [1.165, 1.54) is 0 Å². The molecule has 0 bridgehead atoms. The first-order valence-electron chi connectivity index (χ1n) is 4.30. The van der Waals surface area contributed by atoms with E-state index in [0.29, 0.717) is 19.3 Å². The van der Waals surface area contributed by atoms with Gasteiger partial charge in [-0.1, -0.05) is 0 Å². The molecular formula is C8H19NO3. The fourth-order valence-electron chi connectivity index (χ4n) is 1.09. The second-order valence-electron chi connectivity index (χ2n) is 3.17. The number of hydrogen-bond acceptors (Lipinski definition) is 4. The summed E-state index contributed by atoms with van der Waals surface area (Å²) >= 11 is 0. The van der Waals surface area contributed by atoms with E-state index in [2.05, 4.69) is 0 Å². The Balaban J connectivity index is 3.63. The van der Waals surface area contributed by atoms with Crippen molar-refractivity contribution in [3.05, 3.63) is 0 Å². The molecule has 0 aromatic carbocycles. The van der Waals surface area contributed by atoms with Gasteiger partial charge in [0.15, 0.2) is 0 Å². The molecule has 74 valence electrons. The highest BCUT2D eigenvalue weighted by Crippen LogP contribution is 2.14. The zero-order valence-electron chi connectivity index (χ0n) is 7.37. The van der Waals surface area contributed by atoms with Crippen LogP contribution in [0.3, 0.4) is 0 Å². The van der Waals surface area contributed by atoms with Crippen molar-refractivity contribution in [1.29, 1.82) is 0 Å². The quantitative estimate of drug-likeness (QED) is 0.384. The van der Waals surface area contributed by atoms with Gasteiger partial charge in [-0.3, -0.25) is 0 Å². The van der Waals surface area contributed by atoms with Crippen molar-refractivity contribution in [1.82, 2.24) is 0 Å². The van der Waals surface area contributed by atoms with Gasteiger partial charge < -0.3 is 21.1 Å². The molecular weight excluding hydrogens is 158 g/mol. The van der Waals surface area contributed by atoms with E-state index >= 15 is 0 Å². The van der Waals surface area contributed by atoms with E-state index in [1.54, 1.807) is 0 Å². The molecule has 0 rings (SSSR count). The Labute approximate surface area is 73.0 Å². The predicted octanol–water partition coefficient (Wildman–Crippen LogP) is -0.779. The molecule has 0 aliphatic rings. The summed E-state index contributed by atoms with van der Waals surface area (Å²) in [5.41, 5.74) is 5.09. The molecule has 0 aromatic rings. The minimum atomic E-state index is -0.663. The van der Waals surface area contributed by atoms with E-state index < -0.39 is 5.54 Å². The first kappa shape index (κ1) is 11.8. The third-order valence-electron chi connectivity index (χ3n) is 2.01. The maximum Gasteiger partial charge on any atom is 0.0612 e. The van der Waals surface area contributed by atoms with Gasteiger partial charge in [0.2, 0.25) is 0 Å². The predicted molar refractivity (Wildman–Crippen MR) is 46.6 cm³/mol. The highest BCUT2D eigenvalue weighted by atomic mass is 16.3. The van der Waals surface area contributed by atoms with Crippen LogP contribution in [0.4, 0.5) is 0 Å². The lowest BCUT2D eigenvalue weighted by molar-refractivity contribution is 0.144. The van der Waals surface area contributed by atoms with Crippen LogP contribution in [-0.2, 0) is 0 Å². The zero-order valence-corrected chi connectivity index (χ0v) is 7.37. The van der Waals surface area contributed by atoms with Gasteiger partial charge in [-0.2, -0.15) is 0 Å². The molecule has 12 heavy (non-hydrogen) atoms. The summed E-state index contributed by atoms with van der Waals surface area (Å²) in [7, 11) is 0. The van der Waals surface area contributed by atoms with Crippen molar-refractivity contribution in [3.8, 4) is 0 Å². The Morgan fingerprint density at radius 2 is 1.58 bits per heavy atom. The average Bonchev–Trinajstić information content (AvgIpc) is 2.06. The Hall–Kier alpha value is -0.160. The van der Waals surface area contributed by atoms with Crippen LogP contribution in [-0.4, -0.2) is 40.7 Å². The summed E-state index contributed by atoms with van der Waals surface area (Å²) in [6.07, 6.45) is 2.54. The lowest BCUT2D eigenvalue weighted by atomic mass is 9.91. The van der Waals surface area contributed by atoms with Crippen molar-refractivity contribution in [3.63, 3.8) is 0 Å². The monoisotopic (exact) mass is 177 g/mol. The number of aliphatic hydroxyl groups is 3. The standard InChI is InChI=1S/C8H19NO3/c9-8(7-12,4-6-11)3-1-2-5-10/h10-12H,1-7,9H2. The van der Waals surface area contributed by atoms with Crippen LogP contribution in [0.15, 0.2) is 0 Å². The van der Waals surface area contributed by atoms with Crippen LogP contribution in [0.25, 0.3) is 0 Å². The van der Waals surface area contributed by atoms with Gasteiger partial charge in [0.05, 0.1) is 6.61 Å². The number of nitrogens with two attached hydrogens (primary N) is 1. The van der Waals surface area contributed by atoms with E-state index in [4.69, 9.17) is 21.1 Å². The summed E-state index contributed by atoms with van der Waals surface area (Å²) in [5, 5.41) is 26.1. The second-order valence-corrected chi connectivity index (χ2v) is 3.17. The van der Waals surface area contributed by atoms with Crippen molar-refractivity contribution in [2.24, 2.45) is 5.73 Å². The summed E-state index contributed by atoms with van der Waals surface area (Å²) < 4.78 is 0. The molecule has 0 radical (unpaired) electrons. The molecule has 0 aliphatic carbocycles. The first-order valence-corrected chi connectivity index (χ1v) is 4.30. The Bertz CT molecular complexity index is 110. The Morgan fingerprint density at radius 1 is 0.917 bits per heavy atom. The lowest BCUT2D eigenvalue weighted by Crippen LogP contribution is -2.44. The van der Waals surface area contributed by atoms with Crippen LogP contribution in [0.1, 0.15) is 25.7 Å². The Kier molecular flexibility index (Phi) is 6.28. The molecule has 0 fully saturated rings. The van der Waals surface area contributed by atoms with Crippen LogP contribution in [0, 0.1) is 0 Å². The molecule has 0 aliphatic heterocycles. The molecule has 1 atom stereocenters. The lowest BCUT2D eigenvalue weighted by Gasteiger charge is -2.26. The molecule has 0 amide bonds. The fraction of sp³-hybridized carbons (Fsp3) is 1.00. The average molecular weight is 177 g/mol. The van der Waals surface area contributed by atoms with Crippen LogP contribution in [0.2, 0.25) is 0 Å².